The predicted octanol–water partition coefficient (Wildman–Crippen LogP) is 1.83. The maximum atomic E-state index is 12.2. The number of anilines is 1. The number of fused-ring (bicyclic) bond motifs is 1. The highest BCUT2D eigenvalue weighted by Crippen LogP contribution is 2.28. The summed E-state index contributed by atoms with van der Waals surface area (Å²) in [6.45, 7) is 2.00. The average Bonchev–Trinajstić information content (AvgIpc) is 3.18. The van der Waals surface area contributed by atoms with Crippen LogP contribution in [0.3, 0.4) is 0 Å². The van der Waals surface area contributed by atoms with E-state index in [0.29, 0.717) is 12.3 Å². The van der Waals surface area contributed by atoms with Crippen molar-refractivity contribution in [3.05, 3.63) is 47.9 Å². The highest BCUT2D eigenvalue weighted by molar-refractivity contribution is 6.39. The molecular formula is C19H23N5O3. The number of carbonyl (C=O) groups excluding carboxylic acids is 2. The second-order valence-electron chi connectivity index (χ2n) is 6.68. The van der Waals surface area contributed by atoms with Crippen LogP contribution in [0.1, 0.15) is 17.4 Å². The van der Waals surface area contributed by atoms with Crippen molar-refractivity contribution < 1.29 is 14.1 Å². The Labute approximate surface area is 157 Å². The zero-order valence-electron chi connectivity index (χ0n) is 15.8. The van der Waals surface area contributed by atoms with E-state index < -0.39 is 11.8 Å². The first-order valence-corrected chi connectivity index (χ1v) is 8.59. The zero-order chi connectivity index (χ0) is 19.6. The predicted molar refractivity (Wildman–Crippen MR) is 102 cm³/mol. The molecule has 3 rings (SSSR count). The lowest BCUT2D eigenvalue weighted by Gasteiger charge is -2.24. The Balaban J connectivity index is 1.71. The van der Waals surface area contributed by atoms with Crippen molar-refractivity contribution in [2.24, 2.45) is 7.05 Å². The molecule has 0 spiro atoms. The SMILES string of the molecule is Cc1cc(NC(=O)C(=O)NC[C@@H](c2cn(C)c3ccccc23)N(C)C)no1. The minimum atomic E-state index is -0.779. The molecule has 0 unspecified atom stereocenters. The van der Waals surface area contributed by atoms with E-state index in [1.165, 1.54) is 0 Å². The number of likely N-dealkylation sites (N-methyl/N-ethyl adjacent to an activating group) is 1. The van der Waals surface area contributed by atoms with Crippen molar-refractivity contribution in [1.29, 1.82) is 0 Å². The summed E-state index contributed by atoms with van der Waals surface area (Å²) in [5.41, 5.74) is 2.20. The fraction of sp³-hybridized carbons (Fsp3) is 0.316. The molecule has 0 bridgehead atoms. The monoisotopic (exact) mass is 369 g/mol. The van der Waals surface area contributed by atoms with Crippen LogP contribution in [-0.2, 0) is 16.6 Å². The number of nitrogens with zero attached hydrogens (tertiary/aromatic N) is 3. The van der Waals surface area contributed by atoms with Crippen LogP contribution in [0.4, 0.5) is 5.82 Å². The summed E-state index contributed by atoms with van der Waals surface area (Å²) in [6, 6.07) is 9.56. The van der Waals surface area contributed by atoms with Crippen LogP contribution in [-0.4, -0.2) is 47.1 Å². The van der Waals surface area contributed by atoms with Crippen LogP contribution < -0.4 is 10.6 Å². The summed E-state index contributed by atoms with van der Waals surface area (Å²) in [5, 5.41) is 9.89. The molecule has 2 N–H and O–H groups in total. The maximum Gasteiger partial charge on any atom is 0.314 e. The van der Waals surface area contributed by atoms with E-state index in [1.54, 1.807) is 13.0 Å². The minimum absolute atomic E-state index is 0.0813. The Kier molecular flexibility index (Phi) is 5.27. The largest absolute Gasteiger partial charge is 0.360 e. The normalized spacial score (nSPS) is 12.3. The van der Waals surface area contributed by atoms with E-state index in [0.717, 1.165) is 16.5 Å². The van der Waals surface area contributed by atoms with Crippen molar-refractivity contribution >= 4 is 28.5 Å². The molecule has 3 aromatic rings. The molecule has 142 valence electrons. The van der Waals surface area contributed by atoms with Crippen LogP contribution >= 0.6 is 0 Å². The highest BCUT2D eigenvalue weighted by atomic mass is 16.5. The average molecular weight is 369 g/mol. The molecule has 0 radical (unpaired) electrons. The lowest BCUT2D eigenvalue weighted by atomic mass is 10.0. The van der Waals surface area contributed by atoms with E-state index in [4.69, 9.17) is 4.52 Å². The number of para-hydroxylation sites is 1. The number of hydrogen-bond acceptors (Lipinski definition) is 5. The molecular weight excluding hydrogens is 346 g/mol. The van der Waals surface area contributed by atoms with E-state index in [2.05, 4.69) is 38.7 Å². The number of rotatable bonds is 5. The van der Waals surface area contributed by atoms with Gasteiger partial charge < -0.3 is 19.3 Å². The van der Waals surface area contributed by atoms with Gasteiger partial charge in [0.15, 0.2) is 5.82 Å². The van der Waals surface area contributed by atoms with Crippen LogP contribution in [0.25, 0.3) is 10.9 Å². The molecule has 2 amide bonds. The molecule has 0 fully saturated rings. The number of nitrogens with one attached hydrogen (secondary N) is 2. The Bertz CT molecular complexity index is 973. The van der Waals surface area contributed by atoms with Crippen LogP contribution in [0.2, 0.25) is 0 Å². The van der Waals surface area contributed by atoms with Gasteiger partial charge in [0.05, 0.1) is 6.04 Å². The number of carbonyl (C=O) groups is 2. The first kappa shape index (κ1) is 18.7. The molecule has 2 aromatic heterocycles. The fourth-order valence-corrected chi connectivity index (χ4v) is 3.08. The van der Waals surface area contributed by atoms with Gasteiger partial charge in [-0.25, -0.2) is 0 Å². The third-order valence-corrected chi connectivity index (χ3v) is 4.44. The molecule has 2 heterocycles. The smallest absolute Gasteiger partial charge is 0.314 e. The van der Waals surface area contributed by atoms with Crippen molar-refractivity contribution in [3.8, 4) is 0 Å². The summed E-state index contributed by atoms with van der Waals surface area (Å²) >= 11 is 0. The van der Waals surface area contributed by atoms with E-state index in [1.807, 2.05) is 38.2 Å². The molecule has 0 aliphatic carbocycles. The van der Waals surface area contributed by atoms with Crippen molar-refractivity contribution in [2.45, 2.75) is 13.0 Å². The Morgan fingerprint density at radius 1 is 1.26 bits per heavy atom. The number of aryl methyl sites for hydroxylation is 2. The first-order valence-electron chi connectivity index (χ1n) is 8.59. The topological polar surface area (TPSA) is 92.4 Å². The number of benzene rings is 1. The van der Waals surface area contributed by atoms with Gasteiger partial charge in [-0.1, -0.05) is 23.4 Å². The van der Waals surface area contributed by atoms with Gasteiger partial charge in [-0.15, -0.1) is 0 Å². The minimum Gasteiger partial charge on any atom is -0.360 e. The van der Waals surface area contributed by atoms with Gasteiger partial charge in [0.25, 0.3) is 0 Å². The standard InChI is InChI=1S/C19H23N5O3/c1-12-9-17(22-27-12)21-19(26)18(25)20-10-16(23(2)3)14-11-24(4)15-8-6-5-7-13(14)15/h5-9,11,16H,10H2,1-4H3,(H,20,25)(H,21,22,26)/t16-/m0/s1. The molecule has 1 atom stereocenters. The quantitative estimate of drug-likeness (QED) is 0.670. The van der Waals surface area contributed by atoms with Gasteiger partial charge in [0.2, 0.25) is 0 Å². The molecule has 0 saturated heterocycles. The Morgan fingerprint density at radius 2 is 2.00 bits per heavy atom. The van der Waals surface area contributed by atoms with Crippen LogP contribution in [0, 0.1) is 6.92 Å². The Hall–Kier alpha value is -3.13. The number of hydrogen-bond donors (Lipinski definition) is 2. The lowest BCUT2D eigenvalue weighted by molar-refractivity contribution is -0.136. The maximum absolute atomic E-state index is 12.2. The summed E-state index contributed by atoms with van der Waals surface area (Å²) in [4.78, 5) is 26.2. The second-order valence-corrected chi connectivity index (χ2v) is 6.68. The van der Waals surface area contributed by atoms with Gasteiger partial charge in [-0.3, -0.25) is 14.9 Å². The van der Waals surface area contributed by atoms with Gasteiger partial charge in [0, 0.05) is 36.8 Å². The zero-order valence-corrected chi connectivity index (χ0v) is 15.8. The molecule has 27 heavy (non-hydrogen) atoms. The number of aromatic nitrogens is 2. The Morgan fingerprint density at radius 3 is 2.67 bits per heavy atom. The molecule has 1 aromatic carbocycles. The first-order chi connectivity index (χ1) is 12.9. The van der Waals surface area contributed by atoms with Crippen LogP contribution in [0.15, 0.2) is 41.1 Å². The molecule has 0 aliphatic rings. The van der Waals surface area contributed by atoms with Gasteiger partial charge in [-0.05, 0) is 32.6 Å². The van der Waals surface area contributed by atoms with Crippen LogP contribution in [0.5, 0.6) is 0 Å². The lowest BCUT2D eigenvalue weighted by Crippen LogP contribution is -2.40. The fourth-order valence-electron chi connectivity index (χ4n) is 3.08. The molecule has 8 heteroatoms. The molecule has 0 saturated carbocycles. The van der Waals surface area contributed by atoms with Crippen molar-refractivity contribution in [1.82, 2.24) is 19.9 Å². The van der Waals surface area contributed by atoms with Crippen molar-refractivity contribution in [3.63, 3.8) is 0 Å². The highest BCUT2D eigenvalue weighted by Gasteiger charge is 2.22. The van der Waals surface area contributed by atoms with Gasteiger partial charge >= 0.3 is 11.8 Å². The van der Waals surface area contributed by atoms with Gasteiger partial charge in [0.1, 0.15) is 5.76 Å². The van der Waals surface area contributed by atoms with Gasteiger partial charge in [-0.2, -0.15) is 0 Å². The van der Waals surface area contributed by atoms with E-state index in [-0.39, 0.29) is 11.9 Å². The molecule has 8 nitrogen and oxygen atoms in total. The van der Waals surface area contributed by atoms with E-state index in [9.17, 15) is 9.59 Å². The third kappa shape index (κ3) is 4.01. The summed E-state index contributed by atoms with van der Waals surface area (Å²) in [7, 11) is 5.87. The van der Waals surface area contributed by atoms with Crippen molar-refractivity contribution in [2.75, 3.05) is 26.0 Å². The summed E-state index contributed by atoms with van der Waals surface area (Å²) in [6.07, 6.45) is 2.06. The molecule has 0 aliphatic heterocycles. The summed E-state index contributed by atoms with van der Waals surface area (Å²) < 4.78 is 6.93. The second kappa shape index (κ2) is 7.63. The number of amides is 2. The third-order valence-electron chi connectivity index (χ3n) is 4.44. The summed E-state index contributed by atoms with van der Waals surface area (Å²) in [5.74, 6) is -0.735. The van der Waals surface area contributed by atoms with E-state index >= 15 is 0 Å².